The molecule has 0 aliphatic carbocycles. The molecule has 1 N–H and O–H groups in total. The van der Waals surface area contributed by atoms with Gasteiger partial charge in [-0.05, 0) is 41.0 Å². The van der Waals surface area contributed by atoms with Gasteiger partial charge in [0, 0.05) is 54.2 Å². The van der Waals surface area contributed by atoms with Crippen LogP contribution in [0.4, 0.5) is 0 Å². The summed E-state index contributed by atoms with van der Waals surface area (Å²) < 4.78 is 2.31. The predicted molar refractivity (Wildman–Crippen MR) is 107 cm³/mol. The molecule has 0 bridgehead atoms. The fourth-order valence-corrected chi connectivity index (χ4v) is 3.35. The number of pyridine rings is 1. The molecule has 0 unspecified atom stereocenters. The first-order valence-electron chi connectivity index (χ1n) is 8.70. The van der Waals surface area contributed by atoms with Crippen molar-refractivity contribution in [2.75, 3.05) is 0 Å². The van der Waals surface area contributed by atoms with E-state index in [4.69, 9.17) is 11.6 Å². The highest BCUT2D eigenvalue weighted by atomic mass is 35.5. The van der Waals surface area contributed by atoms with Crippen LogP contribution in [0, 0.1) is 0 Å². The fourth-order valence-electron chi connectivity index (χ4n) is 3.23. The molecule has 2 heterocycles. The van der Waals surface area contributed by atoms with E-state index in [1.807, 2.05) is 24.4 Å². The normalized spacial score (nSPS) is 11.1. The van der Waals surface area contributed by atoms with E-state index >= 15 is 0 Å². The summed E-state index contributed by atoms with van der Waals surface area (Å²) in [7, 11) is 0. The lowest BCUT2D eigenvalue weighted by atomic mass is 10.1. The summed E-state index contributed by atoms with van der Waals surface area (Å²) in [5.41, 5.74) is 4.99. The number of hydrogen-bond acceptors (Lipinski definition) is 2. The quantitative estimate of drug-likeness (QED) is 0.522. The topological polar surface area (TPSA) is 29.9 Å². The minimum atomic E-state index is 0.770. The van der Waals surface area contributed by atoms with Gasteiger partial charge in [0.15, 0.2) is 0 Å². The molecular formula is C22H20ClN3. The molecule has 2 aromatic heterocycles. The molecule has 0 fully saturated rings. The molecular weight excluding hydrogens is 342 g/mol. The number of hydrogen-bond donors (Lipinski definition) is 1. The lowest BCUT2D eigenvalue weighted by Gasteiger charge is -2.05. The van der Waals surface area contributed by atoms with Crippen molar-refractivity contribution in [3.63, 3.8) is 0 Å². The molecule has 2 aromatic carbocycles. The average molecular weight is 362 g/mol. The van der Waals surface area contributed by atoms with Gasteiger partial charge >= 0.3 is 0 Å². The van der Waals surface area contributed by atoms with Crippen LogP contribution in [0.1, 0.15) is 16.7 Å². The van der Waals surface area contributed by atoms with Crippen molar-refractivity contribution in [2.45, 2.75) is 19.6 Å². The standard InChI is InChI=1S/C22H20ClN3/c23-20-9-7-17(8-10-20)15-26-16-19(21-5-1-2-6-22(21)26)14-25-13-18-4-3-11-24-12-18/h1-12,16,25H,13-15H2. The van der Waals surface area contributed by atoms with Crippen LogP contribution in [0.3, 0.4) is 0 Å². The molecule has 0 radical (unpaired) electrons. The lowest BCUT2D eigenvalue weighted by Crippen LogP contribution is -2.12. The van der Waals surface area contributed by atoms with Crippen molar-refractivity contribution in [2.24, 2.45) is 0 Å². The van der Waals surface area contributed by atoms with E-state index < -0.39 is 0 Å². The second kappa shape index (κ2) is 7.73. The Hall–Kier alpha value is -2.62. The molecule has 4 heteroatoms. The molecule has 130 valence electrons. The Morgan fingerprint density at radius 3 is 2.54 bits per heavy atom. The zero-order valence-corrected chi connectivity index (χ0v) is 15.2. The lowest BCUT2D eigenvalue weighted by molar-refractivity contribution is 0.690. The van der Waals surface area contributed by atoms with E-state index in [1.165, 1.54) is 27.6 Å². The van der Waals surface area contributed by atoms with Gasteiger partial charge in [0.05, 0.1) is 0 Å². The van der Waals surface area contributed by atoms with Crippen molar-refractivity contribution in [3.05, 3.63) is 101 Å². The SMILES string of the molecule is Clc1ccc(Cn2cc(CNCc3cccnc3)c3ccccc32)cc1. The Bertz CT molecular complexity index is 991. The van der Waals surface area contributed by atoms with Crippen LogP contribution in [-0.2, 0) is 19.6 Å². The van der Waals surface area contributed by atoms with Crippen LogP contribution in [0.15, 0.2) is 79.3 Å². The second-order valence-electron chi connectivity index (χ2n) is 6.39. The average Bonchev–Trinajstić information content (AvgIpc) is 3.02. The zero-order chi connectivity index (χ0) is 17.8. The first-order valence-corrected chi connectivity index (χ1v) is 9.08. The minimum absolute atomic E-state index is 0.770. The summed E-state index contributed by atoms with van der Waals surface area (Å²) in [5.74, 6) is 0. The van der Waals surface area contributed by atoms with Gasteiger partial charge < -0.3 is 9.88 Å². The van der Waals surface area contributed by atoms with Crippen molar-refractivity contribution >= 4 is 22.5 Å². The first-order chi connectivity index (χ1) is 12.8. The van der Waals surface area contributed by atoms with Gasteiger partial charge in [-0.2, -0.15) is 0 Å². The molecule has 0 saturated heterocycles. The van der Waals surface area contributed by atoms with Crippen molar-refractivity contribution in [1.82, 2.24) is 14.9 Å². The monoisotopic (exact) mass is 361 g/mol. The van der Waals surface area contributed by atoms with E-state index in [0.29, 0.717) is 0 Å². The van der Waals surface area contributed by atoms with Gasteiger partial charge in [0.25, 0.3) is 0 Å². The fraction of sp³-hybridized carbons (Fsp3) is 0.136. The molecule has 26 heavy (non-hydrogen) atoms. The predicted octanol–water partition coefficient (Wildman–Crippen LogP) is 5.03. The van der Waals surface area contributed by atoms with Crippen LogP contribution in [0.25, 0.3) is 10.9 Å². The minimum Gasteiger partial charge on any atom is -0.343 e. The van der Waals surface area contributed by atoms with Crippen LogP contribution in [-0.4, -0.2) is 9.55 Å². The number of halogens is 1. The van der Waals surface area contributed by atoms with Crippen LogP contribution >= 0.6 is 11.6 Å². The van der Waals surface area contributed by atoms with Gasteiger partial charge in [-0.1, -0.05) is 48.0 Å². The molecule has 0 aliphatic rings. The van der Waals surface area contributed by atoms with E-state index in [0.717, 1.165) is 24.7 Å². The summed E-state index contributed by atoms with van der Waals surface area (Å²) in [6.07, 6.45) is 5.94. The summed E-state index contributed by atoms with van der Waals surface area (Å²) in [4.78, 5) is 4.16. The van der Waals surface area contributed by atoms with Crippen molar-refractivity contribution in [3.8, 4) is 0 Å². The molecule has 0 spiro atoms. The van der Waals surface area contributed by atoms with Crippen LogP contribution in [0.2, 0.25) is 5.02 Å². The Labute approximate surface area is 158 Å². The molecule has 0 saturated carbocycles. The van der Waals surface area contributed by atoms with E-state index in [2.05, 4.69) is 63.5 Å². The van der Waals surface area contributed by atoms with E-state index in [-0.39, 0.29) is 0 Å². The van der Waals surface area contributed by atoms with Gasteiger partial charge in [0.2, 0.25) is 0 Å². The maximum atomic E-state index is 6.00. The molecule has 0 atom stereocenters. The number of fused-ring (bicyclic) bond motifs is 1. The number of benzene rings is 2. The maximum Gasteiger partial charge on any atom is 0.0486 e. The Balaban J connectivity index is 1.54. The third-order valence-electron chi connectivity index (χ3n) is 4.50. The summed E-state index contributed by atoms with van der Waals surface area (Å²) in [5, 5.41) is 5.59. The number of aromatic nitrogens is 2. The Kier molecular flexibility index (Phi) is 5.00. The van der Waals surface area contributed by atoms with Gasteiger partial charge in [0.1, 0.15) is 0 Å². The summed E-state index contributed by atoms with van der Waals surface area (Å²) in [6, 6.07) is 20.7. The number of nitrogens with one attached hydrogen (secondary N) is 1. The highest BCUT2D eigenvalue weighted by molar-refractivity contribution is 6.30. The van der Waals surface area contributed by atoms with Crippen LogP contribution < -0.4 is 5.32 Å². The Morgan fingerprint density at radius 2 is 1.73 bits per heavy atom. The number of para-hydroxylation sites is 1. The van der Waals surface area contributed by atoms with Crippen LogP contribution in [0.5, 0.6) is 0 Å². The van der Waals surface area contributed by atoms with Crippen molar-refractivity contribution < 1.29 is 0 Å². The zero-order valence-electron chi connectivity index (χ0n) is 14.4. The van der Waals surface area contributed by atoms with Gasteiger partial charge in [-0.3, -0.25) is 4.98 Å². The van der Waals surface area contributed by atoms with Crippen molar-refractivity contribution in [1.29, 1.82) is 0 Å². The number of rotatable bonds is 6. The van der Waals surface area contributed by atoms with Gasteiger partial charge in [-0.25, -0.2) is 0 Å². The molecule has 3 nitrogen and oxygen atoms in total. The summed E-state index contributed by atoms with van der Waals surface area (Å²) >= 11 is 6.00. The second-order valence-corrected chi connectivity index (χ2v) is 6.83. The third-order valence-corrected chi connectivity index (χ3v) is 4.76. The maximum absolute atomic E-state index is 6.00. The highest BCUT2D eigenvalue weighted by Crippen LogP contribution is 2.23. The molecule has 4 rings (SSSR count). The van der Waals surface area contributed by atoms with Gasteiger partial charge in [-0.15, -0.1) is 0 Å². The first kappa shape index (κ1) is 16.8. The third kappa shape index (κ3) is 3.79. The molecule has 4 aromatic rings. The van der Waals surface area contributed by atoms with E-state index in [1.54, 1.807) is 6.20 Å². The molecule has 0 aliphatic heterocycles. The smallest absolute Gasteiger partial charge is 0.0486 e. The van der Waals surface area contributed by atoms with E-state index in [9.17, 15) is 0 Å². The number of nitrogens with zero attached hydrogens (tertiary/aromatic N) is 2. The Morgan fingerprint density at radius 1 is 0.885 bits per heavy atom. The highest BCUT2D eigenvalue weighted by Gasteiger charge is 2.08. The summed E-state index contributed by atoms with van der Waals surface area (Å²) in [6.45, 7) is 2.47. The molecule has 0 amide bonds. The largest absolute Gasteiger partial charge is 0.343 e.